The van der Waals surface area contributed by atoms with Crippen LogP contribution in [0, 0.1) is 0 Å². The lowest BCUT2D eigenvalue weighted by Gasteiger charge is -2.24. The van der Waals surface area contributed by atoms with Crippen molar-refractivity contribution in [1.29, 1.82) is 0 Å². The number of hydrogen-bond acceptors (Lipinski definition) is 4. The van der Waals surface area contributed by atoms with Crippen LogP contribution in [0.2, 0.25) is 5.02 Å². The number of amides is 1. The molecule has 8 heteroatoms. The third-order valence-corrected chi connectivity index (χ3v) is 6.32. The average Bonchev–Trinajstić information content (AvgIpc) is 3.19. The van der Waals surface area contributed by atoms with Crippen molar-refractivity contribution >= 4 is 33.2 Å². The molecule has 1 fully saturated rings. The van der Waals surface area contributed by atoms with Gasteiger partial charge >= 0.3 is 0 Å². The predicted octanol–water partition coefficient (Wildman–Crippen LogP) is 2.83. The van der Waals surface area contributed by atoms with Gasteiger partial charge in [0, 0.05) is 18.2 Å². The van der Waals surface area contributed by atoms with E-state index in [0.717, 1.165) is 17.1 Å². The third kappa shape index (κ3) is 5.00. The van der Waals surface area contributed by atoms with Crippen molar-refractivity contribution in [3.05, 3.63) is 59.6 Å². The number of benzene rings is 2. The molecule has 6 nitrogen and oxygen atoms in total. The number of hydrogen-bond donors (Lipinski definition) is 1. The lowest BCUT2D eigenvalue weighted by Crippen LogP contribution is -2.42. The first-order valence-corrected chi connectivity index (χ1v) is 10.5. The molecule has 1 saturated heterocycles. The Morgan fingerprint density at radius 1 is 1.15 bits per heavy atom. The molecule has 27 heavy (non-hydrogen) atoms. The van der Waals surface area contributed by atoms with Crippen molar-refractivity contribution in [2.24, 2.45) is 0 Å². The monoisotopic (exact) mass is 408 g/mol. The highest BCUT2D eigenvalue weighted by molar-refractivity contribution is 7.92. The van der Waals surface area contributed by atoms with Gasteiger partial charge in [-0.25, -0.2) is 8.42 Å². The molecule has 2 aromatic carbocycles. The Bertz CT molecular complexity index is 866. The molecule has 0 unspecified atom stereocenters. The highest BCUT2D eigenvalue weighted by atomic mass is 35.5. The van der Waals surface area contributed by atoms with Crippen LogP contribution in [-0.2, 0) is 19.6 Å². The summed E-state index contributed by atoms with van der Waals surface area (Å²) in [6.45, 7) is 0.756. The van der Waals surface area contributed by atoms with Crippen LogP contribution in [0.1, 0.15) is 12.8 Å². The molecule has 0 aliphatic carbocycles. The number of anilines is 1. The minimum absolute atomic E-state index is 0.00741. The summed E-state index contributed by atoms with van der Waals surface area (Å²) in [5.74, 6) is -0.383. The van der Waals surface area contributed by atoms with Gasteiger partial charge in [0.1, 0.15) is 6.54 Å². The van der Waals surface area contributed by atoms with Crippen LogP contribution >= 0.6 is 11.6 Å². The number of sulfonamides is 1. The second-order valence-corrected chi connectivity index (χ2v) is 8.54. The summed E-state index contributed by atoms with van der Waals surface area (Å²) < 4.78 is 32.8. The van der Waals surface area contributed by atoms with Crippen molar-refractivity contribution in [1.82, 2.24) is 5.32 Å². The van der Waals surface area contributed by atoms with Gasteiger partial charge in [0.2, 0.25) is 5.91 Å². The van der Waals surface area contributed by atoms with Gasteiger partial charge in [0.15, 0.2) is 0 Å². The Hall–Kier alpha value is -2.09. The maximum absolute atomic E-state index is 13.1. The van der Waals surface area contributed by atoms with Crippen molar-refractivity contribution in [3.8, 4) is 0 Å². The SMILES string of the molecule is O=C(CN(c1ccccc1)S(=O)(=O)c1ccc(Cl)cc1)NC[C@@H]1CCCO1. The Kier molecular flexibility index (Phi) is 6.36. The number of nitrogens with zero attached hydrogens (tertiary/aromatic N) is 1. The zero-order valence-electron chi connectivity index (χ0n) is 14.7. The number of nitrogens with one attached hydrogen (secondary N) is 1. The van der Waals surface area contributed by atoms with Crippen LogP contribution in [0.15, 0.2) is 59.5 Å². The molecule has 1 N–H and O–H groups in total. The molecule has 1 atom stereocenters. The molecule has 144 valence electrons. The van der Waals surface area contributed by atoms with E-state index in [1.54, 1.807) is 30.3 Å². The Balaban J connectivity index is 1.80. The number of halogens is 1. The molecule has 3 rings (SSSR count). The smallest absolute Gasteiger partial charge is 0.264 e. The van der Waals surface area contributed by atoms with Gasteiger partial charge in [-0.1, -0.05) is 29.8 Å². The minimum Gasteiger partial charge on any atom is -0.376 e. The van der Waals surface area contributed by atoms with Crippen molar-refractivity contribution < 1.29 is 17.9 Å². The first-order valence-electron chi connectivity index (χ1n) is 8.68. The fraction of sp³-hybridized carbons (Fsp3) is 0.316. The van der Waals surface area contributed by atoms with Crippen molar-refractivity contribution in [2.75, 3.05) is 24.0 Å². The van der Waals surface area contributed by atoms with E-state index in [9.17, 15) is 13.2 Å². The maximum Gasteiger partial charge on any atom is 0.264 e. The van der Waals surface area contributed by atoms with E-state index in [1.165, 1.54) is 24.3 Å². The zero-order chi connectivity index (χ0) is 19.3. The zero-order valence-corrected chi connectivity index (χ0v) is 16.2. The average molecular weight is 409 g/mol. The van der Waals surface area contributed by atoms with E-state index >= 15 is 0 Å². The summed E-state index contributed by atoms with van der Waals surface area (Å²) in [6.07, 6.45) is 1.86. The van der Waals surface area contributed by atoms with E-state index in [4.69, 9.17) is 16.3 Å². The summed E-state index contributed by atoms with van der Waals surface area (Å²) in [5, 5.41) is 3.21. The van der Waals surface area contributed by atoms with Gasteiger partial charge in [-0.05, 0) is 49.2 Å². The highest BCUT2D eigenvalue weighted by Crippen LogP contribution is 2.24. The third-order valence-electron chi connectivity index (χ3n) is 4.28. The minimum atomic E-state index is -3.92. The van der Waals surface area contributed by atoms with Crippen LogP contribution in [0.25, 0.3) is 0 Å². The van der Waals surface area contributed by atoms with E-state index < -0.39 is 10.0 Å². The van der Waals surface area contributed by atoms with Gasteiger partial charge in [-0.2, -0.15) is 0 Å². The summed E-state index contributed by atoms with van der Waals surface area (Å²) in [4.78, 5) is 12.5. The van der Waals surface area contributed by atoms with Gasteiger partial charge in [0.05, 0.1) is 16.7 Å². The highest BCUT2D eigenvalue weighted by Gasteiger charge is 2.27. The number of carbonyl (C=O) groups excluding carboxylic acids is 1. The number of para-hydroxylation sites is 1. The van der Waals surface area contributed by atoms with E-state index in [2.05, 4.69) is 5.32 Å². The van der Waals surface area contributed by atoms with Crippen LogP contribution in [0.3, 0.4) is 0 Å². The Labute approximate surface area is 164 Å². The molecule has 1 amide bonds. The normalized spacial score (nSPS) is 16.9. The maximum atomic E-state index is 13.1. The second-order valence-electron chi connectivity index (χ2n) is 6.24. The quantitative estimate of drug-likeness (QED) is 0.764. The molecule has 0 aromatic heterocycles. The summed E-state index contributed by atoms with van der Waals surface area (Å²) in [5.41, 5.74) is 0.416. The predicted molar refractivity (Wildman–Crippen MR) is 104 cm³/mol. The van der Waals surface area contributed by atoms with Gasteiger partial charge < -0.3 is 10.1 Å². The molecular formula is C19H21ClN2O4S. The standard InChI is InChI=1S/C19H21ClN2O4S/c20-15-8-10-18(11-9-15)27(24,25)22(16-5-2-1-3-6-16)14-19(23)21-13-17-7-4-12-26-17/h1-3,5-6,8-11,17H,4,7,12-14H2,(H,21,23)/t17-/m0/s1. The summed E-state index contributed by atoms with van der Waals surface area (Å²) in [6, 6.07) is 14.4. The van der Waals surface area contributed by atoms with Gasteiger partial charge in [0.25, 0.3) is 10.0 Å². The van der Waals surface area contributed by atoms with Crippen LogP contribution in [0.4, 0.5) is 5.69 Å². The number of ether oxygens (including phenoxy) is 1. The molecule has 0 spiro atoms. The lowest BCUT2D eigenvalue weighted by atomic mass is 10.2. The molecule has 1 heterocycles. The number of rotatable bonds is 7. The van der Waals surface area contributed by atoms with Crippen LogP contribution in [0.5, 0.6) is 0 Å². The summed E-state index contributed by atoms with van der Waals surface area (Å²) in [7, 11) is -3.92. The first-order chi connectivity index (χ1) is 13.0. The van der Waals surface area contributed by atoms with Crippen molar-refractivity contribution in [2.45, 2.75) is 23.8 Å². The van der Waals surface area contributed by atoms with Crippen LogP contribution < -0.4 is 9.62 Å². The molecular weight excluding hydrogens is 388 g/mol. The Morgan fingerprint density at radius 3 is 2.48 bits per heavy atom. The molecule has 0 saturated carbocycles. The van der Waals surface area contributed by atoms with E-state index in [-0.39, 0.29) is 23.5 Å². The van der Waals surface area contributed by atoms with Crippen molar-refractivity contribution in [3.63, 3.8) is 0 Å². The van der Waals surface area contributed by atoms with Crippen LogP contribution in [-0.4, -0.2) is 40.1 Å². The molecule has 1 aliphatic rings. The summed E-state index contributed by atoms with van der Waals surface area (Å²) >= 11 is 5.86. The van der Waals surface area contributed by atoms with Gasteiger partial charge in [-0.15, -0.1) is 0 Å². The van der Waals surface area contributed by atoms with Gasteiger partial charge in [-0.3, -0.25) is 9.10 Å². The molecule has 2 aromatic rings. The first kappa shape index (κ1) is 19.7. The molecule has 0 bridgehead atoms. The van der Waals surface area contributed by atoms with E-state index in [0.29, 0.717) is 23.9 Å². The number of carbonyl (C=O) groups is 1. The van der Waals surface area contributed by atoms with E-state index in [1.807, 2.05) is 0 Å². The molecule has 1 aliphatic heterocycles. The Morgan fingerprint density at radius 2 is 1.85 bits per heavy atom. The fourth-order valence-corrected chi connectivity index (χ4v) is 4.41. The second kappa shape index (κ2) is 8.73. The fourth-order valence-electron chi connectivity index (χ4n) is 2.86. The molecule has 0 radical (unpaired) electrons. The topological polar surface area (TPSA) is 75.7 Å². The lowest BCUT2D eigenvalue weighted by molar-refractivity contribution is -0.120. The largest absolute Gasteiger partial charge is 0.376 e.